The lowest BCUT2D eigenvalue weighted by molar-refractivity contribution is -0.168. The highest BCUT2D eigenvalue weighted by Crippen LogP contribution is 2.40. The molecular weight excluding hydrogens is 352 g/mol. The van der Waals surface area contributed by atoms with E-state index in [1.807, 2.05) is 0 Å². The molecule has 0 heterocycles. The van der Waals surface area contributed by atoms with Crippen LogP contribution in [0.3, 0.4) is 0 Å². The monoisotopic (exact) mass is 394 g/mol. The normalized spacial score (nSPS) is 30.1. The number of ether oxygens (including phenoxy) is 1. The first-order chi connectivity index (χ1) is 13.1. The van der Waals surface area contributed by atoms with Crippen molar-refractivity contribution in [2.45, 2.75) is 105 Å². The molecule has 0 aromatic rings. The summed E-state index contributed by atoms with van der Waals surface area (Å²) in [6.45, 7) is 11.3. The van der Waals surface area contributed by atoms with Gasteiger partial charge in [0.15, 0.2) is 0 Å². The van der Waals surface area contributed by atoms with E-state index in [1.54, 1.807) is 0 Å². The van der Waals surface area contributed by atoms with Gasteiger partial charge in [-0.05, 0) is 68.1 Å². The van der Waals surface area contributed by atoms with Crippen LogP contribution in [0.4, 0.5) is 0 Å². The summed E-state index contributed by atoms with van der Waals surface area (Å²) >= 11 is 0. The van der Waals surface area contributed by atoms with Crippen molar-refractivity contribution in [3.05, 3.63) is 0 Å². The Balaban J connectivity index is 2.08. The molecule has 0 aromatic heterocycles. The van der Waals surface area contributed by atoms with Gasteiger partial charge < -0.3 is 9.84 Å². The molecule has 1 N–H and O–H groups in total. The Morgan fingerprint density at radius 3 is 2.00 bits per heavy atom. The summed E-state index contributed by atoms with van der Waals surface area (Å²) < 4.78 is 6.14. The number of hydrogen-bond acceptors (Lipinski definition) is 3. The quantitative estimate of drug-likeness (QED) is 0.507. The smallest absolute Gasteiger partial charge is 0.310 e. The largest absolute Gasteiger partial charge is 0.481 e. The zero-order valence-electron chi connectivity index (χ0n) is 18.7. The molecule has 28 heavy (non-hydrogen) atoms. The van der Waals surface area contributed by atoms with Crippen LogP contribution in [-0.4, -0.2) is 23.1 Å². The fraction of sp³-hybridized carbons (Fsp3) is 0.917. The molecule has 2 aliphatic carbocycles. The van der Waals surface area contributed by atoms with E-state index < -0.39 is 17.8 Å². The number of carboxylic acid groups (broad SMARTS) is 1. The second kappa shape index (κ2) is 10.1. The third-order valence-corrected chi connectivity index (χ3v) is 7.65. The van der Waals surface area contributed by atoms with Crippen molar-refractivity contribution >= 4 is 11.9 Å². The van der Waals surface area contributed by atoms with Crippen LogP contribution in [0.5, 0.6) is 0 Å². The number of carboxylic acids is 1. The van der Waals surface area contributed by atoms with Crippen molar-refractivity contribution in [2.75, 3.05) is 0 Å². The molecule has 4 heteroatoms. The van der Waals surface area contributed by atoms with Gasteiger partial charge in [-0.15, -0.1) is 0 Å². The van der Waals surface area contributed by atoms with Gasteiger partial charge in [0.1, 0.15) is 6.10 Å². The summed E-state index contributed by atoms with van der Waals surface area (Å²) in [4.78, 5) is 24.7. The minimum Gasteiger partial charge on any atom is -0.481 e. The van der Waals surface area contributed by atoms with E-state index in [2.05, 4.69) is 34.6 Å². The van der Waals surface area contributed by atoms with Crippen LogP contribution in [0.1, 0.15) is 98.8 Å². The van der Waals surface area contributed by atoms with Gasteiger partial charge in [0.25, 0.3) is 0 Å². The van der Waals surface area contributed by atoms with Crippen LogP contribution in [-0.2, 0) is 14.3 Å². The van der Waals surface area contributed by atoms with Gasteiger partial charge in [-0.1, -0.05) is 53.9 Å². The van der Waals surface area contributed by atoms with Gasteiger partial charge in [0, 0.05) is 0 Å². The molecule has 2 fully saturated rings. The minimum atomic E-state index is -0.843. The van der Waals surface area contributed by atoms with E-state index in [1.165, 1.54) is 12.8 Å². The van der Waals surface area contributed by atoms with Crippen LogP contribution in [0.15, 0.2) is 0 Å². The molecule has 2 aliphatic rings. The Morgan fingerprint density at radius 2 is 1.50 bits per heavy atom. The average molecular weight is 395 g/mol. The number of rotatable bonds is 8. The molecule has 0 bridgehead atoms. The van der Waals surface area contributed by atoms with Crippen LogP contribution >= 0.6 is 0 Å². The Bertz CT molecular complexity index is 517. The summed E-state index contributed by atoms with van der Waals surface area (Å²) in [6, 6.07) is 0. The predicted octanol–water partition coefficient (Wildman–Crippen LogP) is 6.08. The topological polar surface area (TPSA) is 63.6 Å². The van der Waals surface area contributed by atoms with Crippen LogP contribution in [0.2, 0.25) is 0 Å². The van der Waals surface area contributed by atoms with Crippen molar-refractivity contribution in [2.24, 2.45) is 35.0 Å². The highest BCUT2D eigenvalue weighted by molar-refractivity contribution is 5.81. The SMILES string of the molecule is CCC(C)(C)CC(OC(=O)C1CCCCC1C(=O)O)C1CCC(C(C)C)CC1. The summed E-state index contributed by atoms with van der Waals surface area (Å²) in [5.74, 6) is -0.228. The molecule has 0 amide bonds. The Labute approximate surface area is 171 Å². The molecule has 0 saturated heterocycles. The molecule has 162 valence electrons. The molecule has 3 atom stereocenters. The fourth-order valence-corrected chi connectivity index (χ4v) is 5.12. The van der Waals surface area contributed by atoms with Crippen LogP contribution in [0, 0.1) is 35.0 Å². The van der Waals surface area contributed by atoms with Gasteiger partial charge in [-0.2, -0.15) is 0 Å². The number of hydrogen-bond donors (Lipinski definition) is 1. The van der Waals surface area contributed by atoms with Gasteiger partial charge in [-0.3, -0.25) is 9.59 Å². The third kappa shape index (κ3) is 6.22. The molecule has 2 saturated carbocycles. The fourth-order valence-electron chi connectivity index (χ4n) is 5.12. The Morgan fingerprint density at radius 1 is 0.964 bits per heavy atom. The summed E-state index contributed by atoms with van der Waals surface area (Å²) in [5, 5.41) is 9.54. The second-order valence-electron chi connectivity index (χ2n) is 10.5. The third-order valence-electron chi connectivity index (χ3n) is 7.65. The van der Waals surface area contributed by atoms with E-state index in [-0.39, 0.29) is 17.5 Å². The maximum absolute atomic E-state index is 13.0. The maximum atomic E-state index is 13.0. The molecular formula is C24H42O4. The van der Waals surface area contributed by atoms with E-state index in [9.17, 15) is 14.7 Å². The average Bonchev–Trinajstić information content (AvgIpc) is 2.67. The minimum absolute atomic E-state index is 0.0769. The second-order valence-corrected chi connectivity index (χ2v) is 10.5. The van der Waals surface area contributed by atoms with E-state index >= 15 is 0 Å². The Kier molecular flexibility index (Phi) is 8.39. The molecule has 4 nitrogen and oxygen atoms in total. The maximum Gasteiger partial charge on any atom is 0.310 e. The molecule has 3 unspecified atom stereocenters. The first kappa shape index (κ1) is 23.2. The first-order valence-electron chi connectivity index (χ1n) is 11.6. The van der Waals surface area contributed by atoms with Crippen molar-refractivity contribution in [1.82, 2.24) is 0 Å². The number of esters is 1. The van der Waals surface area contributed by atoms with Crippen LogP contribution in [0.25, 0.3) is 0 Å². The first-order valence-corrected chi connectivity index (χ1v) is 11.6. The Hall–Kier alpha value is -1.06. The lowest BCUT2D eigenvalue weighted by atomic mass is 9.72. The van der Waals surface area contributed by atoms with Crippen molar-refractivity contribution in [3.8, 4) is 0 Å². The van der Waals surface area contributed by atoms with Crippen molar-refractivity contribution in [1.29, 1.82) is 0 Å². The number of aliphatic carboxylic acids is 1. The summed E-state index contributed by atoms with van der Waals surface area (Å²) in [7, 11) is 0. The van der Waals surface area contributed by atoms with Crippen molar-refractivity contribution < 1.29 is 19.4 Å². The lowest BCUT2D eigenvalue weighted by Gasteiger charge is -2.39. The van der Waals surface area contributed by atoms with E-state index in [0.717, 1.165) is 44.4 Å². The van der Waals surface area contributed by atoms with Gasteiger partial charge in [0.05, 0.1) is 11.8 Å². The molecule has 0 radical (unpaired) electrons. The number of carbonyl (C=O) groups is 2. The van der Waals surface area contributed by atoms with E-state index in [0.29, 0.717) is 24.7 Å². The summed E-state index contributed by atoms with van der Waals surface area (Å²) in [5.41, 5.74) is 0.124. The predicted molar refractivity (Wildman–Crippen MR) is 112 cm³/mol. The van der Waals surface area contributed by atoms with Gasteiger partial charge in [0.2, 0.25) is 0 Å². The molecule has 0 spiro atoms. The summed E-state index contributed by atoms with van der Waals surface area (Å²) in [6.07, 6.45) is 9.57. The number of carbonyl (C=O) groups excluding carboxylic acids is 1. The standard InChI is InChI=1S/C24H42O4/c1-6-24(4,5)15-21(18-13-11-17(12-14-18)16(2)3)28-23(27)20-10-8-7-9-19(20)22(25)26/h16-21H,6-15H2,1-5H3,(H,25,26). The van der Waals surface area contributed by atoms with Crippen LogP contribution < -0.4 is 0 Å². The van der Waals surface area contributed by atoms with Gasteiger partial charge >= 0.3 is 11.9 Å². The van der Waals surface area contributed by atoms with E-state index in [4.69, 9.17) is 4.74 Å². The molecule has 0 aliphatic heterocycles. The zero-order valence-corrected chi connectivity index (χ0v) is 18.7. The zero-order chi connectivity index (χ0) is 20.9. The molecule has 0 aromatic carbocycles. The lowest BCUT2D eigenvalue weighted by Crippen LogP contribution is -2.39. The van der Waals surface area contributed by atoms with Gasteiger partial charge in [-0.25, -0.2) is 0 Å². The van der Waals surface area contributed by atoms with Crippen molar-refractivity contribution in [3.63, 3.8) is 0 Å². The highest BCUT2D eigenvalue weighted by Gasteiger charge is 2.40. The highest BCUT2D eigenvalue weighted by atomic mass is 16.5. The molecule has 2 rings (SSSR count).